The van der Waals surface area contributed by atoms with E-state index in [2.05, 4.69) is 10.6 Å². The third kappa shape index (κ3) is 3.81. The van der Waals surface area contributed by atoms with E-state index >= 15 is 0 Å². The van der Waals surface area contributed by atoms with Gasteiger partial charge in [-0.1, -0.05) is 0 Å². The van der Waals surface area contributed by atoms with Crippen molar-refractivity contribution in [3.05, 3.63) is 18.2 Å². The summed E-state index contributed by atoms with van der Waals surface area (Å²) in [4.78, 5) is 11.9. The van der Waals surface area contributed by atoms with Crippen molar-refractivity contribution in [1.29, 1.82) is 0 Å². The van der Waals surface area contributed by atoms with Crippen LogP contribution < -0.4 is 20.1 Å². The van der Waals surface area contributed by atoms with Crippen LogP contribution in [0.25, 0.3) is 0 Å². The Morgan fingerprint density at radius 1 is 1.48 bits per heavy atom. The summed E-state index contributed by atoms with van der Waals surface area (Å²) < 4.78 is 36.7. The van der Waals surface area contributed by atoms with Crippen molar-refractivity contribution in [2.45, 2.75) is 25.3 Å². The Morgan fingerprint density at radius 3 is 2.81 bits per heavy atom. The zero-order chi connectivity index (χ0) is 15.5. The van der Waals surface area contributed by atoms with E-state index in [1.54, 1.807) is 18.2 Å². The normalized spacial score (nSPS) is 20.1. The molecular formula is C14H18F2N2O3. The van der Waals surface area contributed by atoms with Gasteiger partial charge in [0.15, 0.2) is 11.5 Å². The van der Waals surface area contributed by atoms with Crippen molar-refractivity contribution in [2.75, 3.05) is 25.6 Å². The predicted octanol–water partition coefficient (Wildman–Crippen LogP) is 2.03. The lowest BCUT2D eigenvalue weighted by atomic mass is 10.1. The smallest absolute Gasteiger partial charge is 0.262 e. The molecule has 5 nitrogen and oxygen atoms in total. The van der Waals surface area contributed by atoms with Gasteiger partial charge in [0.05, 0.1) is 26.3 Å². The van der Waals surface area contributed by atoms with Gasteiger partial charge in [-0.15, -0.1) is 0 Å². The van der Waals surface area contributed by atoms with E-state index in [1.807, 2.05) is 6.92 Å². The van der Waals surface area contributed by atoms with Crippen LogP contribution in [0.15, 0.2) is 18.2 Å². The Kier molecular flexibility index (Phi) is 4.62. The van der Waals surface area contributed by atoms with E-state index in [-0.39, 0.29) is 0 Å². The first-order chi connectivity index (χ1) is 9.95. The number of hydrogen-bond donors (Lipinski definition) is 2. The third-order valence-corrected chi connectivity index (χ3v) is 3.16. The van der Waals surface area contributed by atoms with Crippen molar-refractivity contribution >= 4 is 11.6 Å². The van der Waals surface area contributed by atoms with E-state index < -0.39 is 30.8 Å². The van der Waals surface area contributed by atoms with Crippen LogP contribution in [0.4, 0.5) is 14.5 Å². The molecule has 0 radical (unpaired) electrons. The molecule has 7 heteroatoms. The van der Waals surface area contributed by atoms with Crippen LogP contribution in [0.3, 0.4) is 0 Å². The first-order valence-electron chi connectivity index (χ1n) is 6.68. The van der Waals surface area contributed by atoms with Crippen LogP contribution >= 0.6 is 0 Å². The molecule has 1 unspecified atom stereocenters. The molecule has 1 atom stereocenters. The molecule has 21 heavy (non-hydrogen) atoms. The number of carbonyl (C=O) groups is 1. The van der Waals surface area contributed by atoms with Crippen LogP contribution in [0.2, 0.25) is 0 Å². The van der Waals surface area contributed by atoms with Crippen molar-refractivity contribution in [3.63, 3.8) is 0 Å². The van der Waals surface area contributed by atoms with Gasteiger partial charge in [-0.2, -0.15) is 0 Å². The Balaban J connectivity index is 2.05. The largest absolute Gasteiger partial charge is 0.493 e. The number of nitrogens with one attached hydrogen (secondary N) is 2. The molecule has 1 aliphatic heterocycles. The summed E-state index contributed by atoms with van der Waals surface area (Å²) >= 11 is 0. The molecule has 0 aromatic heterocycles. The molecule has 1 aliphatic rings. The number of hydrogen-bond acceptors (Lipinski definition) is 4. The number of methoxy groups -OCH3 is 1. The van der Waals surface area contributed by atoms with Crippen molar-refractivity contribution < 1.29 is 23.0 Å². The second kappa shape index (κ2) is 6.26. The third-order valence-electron chi connectivity index (χ3n) is 3.16. The highest BCUT2D eigenvalue weighted by atomic mass is 19.3. The fourth-order valence-electron chi connectivity index (χ4n) is 2.15. The maximum atomic E-state index is 13.1. The Hall–Kier alpha value is -1.89. The topological polar surface area (TPSA) is 59.6 Å². The number of ether oxygens (including phenoxy) is 2. The first kappa shape index (κ1) is 15.5. The second-order valence-electron chi connectivity index (χ2n) is 4.78. The number of rotatable bonds is 5. The molecule has 1 saturated heterocycles. The monoisotopic (exact) mass is 300 g/mol. The van der Waals surface area contributed by atoms with Crippen LogP contribution in [-0.2, 0) is 4.79 Å². The van der Waals surface area contributed by atoms with Gasteiger partial charge in [0.2, 0.25) is 5.91 Å². The van der Waals surface area contributed by atoms with Gasteiger partial charge in [0.25, 0.3) is 5.92 Å². The standard InChI is InChI=1S/C14H18F2N2O3/c1-3-21-12-6-9(4-5-11(12)20-2)18-13(19)10-7-14(15,16)8-17-10/h4-6,10,17H,3,7-8H2,1-2H3,(H,18,19). The van der Waals surface area contributed by atoms with Gasteiger partial charge in [-0.3, -0.25) is 10.1 Å². The fraction of sp³-hybridized carbons (Fsp3) is 0.500. The van der Waals surface area contributed by atoms with Crippen LogP contribution in [0.5, 0.6) is 11.5 Å². The summed E-state index contributed by atoms with van der Waals surface area (Å²) in [5.41, 5.74) is 0.473. The Labute approximate surface area is 121 Å². The number of alkyl halides is 2. The van der Waals surface area contributed by atoms with Gasteiger partial charge in [0.1, 0.15) is 0 Å². The molecule has 1 aromatic rings. The molecule has 116 valence electrons. The number of amides is 1. The predicted molar refractivity (Wildman–Crippen MR) is 74.1 cm³/mol. The molecule has 0 bridgehead atoms. The number of benzene rings is 1. The average molecular weight is 300 g/mol. The SMILES string of the molecule is CCOc1cc(NC(=O)C2CC(F)(F)CN2)ccc1OC. The van der Waals surface area contributed by atoms with E-state index in [9.17, 15) is 13.6 Å². The number of anilines is 1. The minimum atomic E-state index is -2.83. The molecule has 2 rings (SSSR count). The van der Waals surface area contributed by atoms with E-state index in [0.29, 0.717) is 23.8 Å². The van der Waals surface area contributed by atoms with Crippen molar-refractivity contribution in [2.24, 2.45) is 0 Å². The van der Waals surface area contributed by atoms with Crippen molar-refractivity contribution in [3.8, 4) is 11.5 Å². The van der Waals surface area contributed by atoms with E-state index in [4.69, 9.17) is 9.47 Å². The van der Waals surface area contributed by atoms with E-state index in [0.717, 1.165) is 0 Å². The maximum absolute atomic E-state index is 13.1. The van der Waals surface area contributed by atoms with Gasteiger partial charge in [0, 0.05) is 18.2 Å². The lowest BCUT2D eigenvalue weighted by Gasteiger charge is -2.14. The highest BCUT2D eigenvalue weighted by molar-refractivity contribution is 5.95. The summed E-state index contributed by atoms with van der Waals surface area (Å²) in [6.07, 6.45) is -0.493. The average Bonchev–Trinajstić information content (AvgIpc) is 2.80. The van der Waals surface area contributed by atoms with Crippen LogP contribution in [0, 0.1) is 0 Å². The molecule has 0 spiro atoms. The summed E-state index contributed by atoms with van der Waals surface area (Å²) in [7, 11) is 1.51. The molecule has 2 N–H and O–H groups in total. The van der Waals surface area contributed by atoms with E-state index in [1.165, 1.54) is 7.11 Å². The maximum Gasteiger partial charge on any atom is 0.262 e. The fourth-order valence-corrected chi connectivity index (χ4v) is 2.15. The summed E-state index contributed by atoms with van der Waals surface area (Å²) in [5.74, 6) is -2.29. The van der Waals surface area contributed by atoms with Crippen LogP contribution in [-0.4, -0.2) is 38.1 Å². The second-order valence-corrected chi connectivity index (χ2v) is 4.78. The molecule has 1 amide bonds. The summed E-state index contributed by atoms with van der Waals surface area (Å²) in [6.45, 7) is 1.80. The quantitative estimate of drug-likeness (QED) is 0.873. The molecule has 0 saturated carbocycles. The lowest BCUT2D eigenvalue weighted by molar-refractivity contribution is -0.118. The highest BCUT2D eigenvalue weighted by Crippen LogP contribution is 2.31. The summed E-state index contributed by atoms with van der Waals surface area (Å²) in [6, 6.07) is 3.99. The van der Waals surface area contributed by atoms with Gasteiger partial charge in [-0.05, 0) is 19.1 Å². The Bertz CT molecular complexity index is 523. The zero-order valence-corrected chi connectivity index (χ0v) is 11.9. The minimum absolute atomic E-state index is 0.449. The number of halogens is 2. The lowest BCUT2D eigenvalue weighted by Crippen LogP contribution is -2.35. The first-order valence-corrected chi connectivity index (χ1v) is 6.68. The molecule has 1 heterocycles. The Morgan fingerprint density at radius 2 is 2.24 bits per heavy atom. The van der Waals surface area contributed by atoms with Crippen LogP contribution in [0.1, 0.15) is 13.3 Å². The molecule has 0 aliphatic carbocycles. The van der Waals surface area contributed by atoms with Gasteiger partial charge >= 0.3 is 0 Å². The molecular weight excluding hydrogens is 282 g/mol. The number of carbonyl (C=O) groups excluding carboxylic acids is 1. The minimum Gasteiger partial charge on any atom is -0.493 e. The van der Waals surface area contributed by atoms with Gasteiger partial charge in [-0.25, -0.2) is 8.78 Å². The van der Waals surface area contributed by atoms with Crippen molar-refractivity contribution in [1.82, 2.24) is 5.32 Å². The zero-order valence-electron chi connectivity index (χ0n) is 11.9. The highest BCUT2D eigenvalue weighted by Gasteiger charge is 2.42. The molecule has 1 aromatic carbocycles. The molecule has 1 fully saturated rings. The summed E-state index contributed by atoms with van der Waals surface area (Å²) in [5, 5.41) is 5.11. The van der Waals surface area contributed by atoms with Gasteiger partial charge < -0.3 is 14.8 Å².